The Hall–Kier alpha value is -2.34. The number of anilines is 2. The van der Waals surface area contributed by atoms with Crippen molar-refractivity contribution in [3.8, 4) is 5.75 Å². The zero-order valence-corrected chi connectivity index (χ0v) is 12.7. The fourth-order valence-electron chi connectivity index (χ4n) is 2.31. The number of hydrogen-bond donors (Lipinski definition) is 1. The number of nitrogen functional groups attached to an aromatic ring is 1. The number of carbonyl (C=O) groups excluding carboxylic acids is 2. The molecule has 0 saturated carbocycles. The highest BCUT2D eigenvalue weighted by Gasteiger charge is 2.38. The lowest BCUT2D eigenvalue weighted by Crippen LogP contribution is -2.29. The van der Waals surface area contributed by atoms with E-state index in [-0.39, 0.29) is 11.8 Å². The molecule has 0 saturated heterocycles. The topological polar surface area (TPSA) is 72.6 Å². The summed E-state index contributed by atoms with van der Waals surface area (Å²) in [6.45, 7) is 0. The average molecular weight is 347 g/mol. The first kappa shape index (κ1) is 13.6. The number of benzene rings is 2. The zero-order valence-electron chi connectivity index (χ0n) is 11.1. The Labute approximate surface area is 129 Å². The van der Waals surface area contributed by atoms with Gasteiger partial charge in [0.2, 0.25) is 0 Å². The monoisotopic (exact) mass is 346 g/mol. The van der Waals surface area contributed by atoms with Gasteiger partial charge in [0.1, 0.15) is 5.75 Å². The third-order valence-electron chi connectivity index (χ3n) is 3.29. The Bertz CT molecular complexity index is 774. The van der Waals surface area contributed by atoms with Crippen LogP contribution in [0.15, 0.2) is 40.9 Å². The molecule has 5 nitrogen and oxygen atoms in total. The van der Waals surface area contributed by atoms with Gasteiger partial charge in [-0.15, -0.1) is 0 Å². The number of halogens is 1. The predicted octanol–water partition coefficient (Wildman–Crippen LogP) is 2.84. The largest absolute Gasteiger partial charge is 0.494 e. The van der Waals surface area contributed by atoms with Gasteiger partial charge in [-0.05, 0) is 30.3 Å². The molecular weight excluding hydrogens is 336 g/mol. The molecule has 2 aromatic rings. The van der Waals surface area contributed by atoms with Crippen LogP contribution in [-0.2, 0) is 0 Å². The standard InChI is InChI=1S/C15H11BrN2O3/c1-21-13-7-9(17)3-5-12(13)18-14(19)10-4-2-8(16)6-11(10)15(18)20/h2-7H,17H2,1H3. The molecule has 2 amide bonds. The first-order valence-corrected chi connectivity index (χ1v) is 6.94. The molecule has 0 aliphatic carbocycles. The third kappa shape index (κ3) is 2.08. The zero-order chi connectivity index (χ0) is 15.1. The summed E-state index contributed by atoms with van der Waals surface area (Å²) < 4.78 is 5.97. The molecule has 0 spiro atoms. The Morgan fingerprint density at radius 1 is 1.05 bits per heavy atom. The molecule has 0 unspecified atom stereocenters. The van der Waals surface area contributed by atoms with Crippen LogP contribution in [0.5, 0.6) is 5.75 Å². The number of nitrogens with zero attached hydrogens (tertiary/aromatic N) is 1. The van der Waals surface area contributed by atoms with E-state index < -0.39 is 0 Å². The van der Waals surface area contributed by atoms with Gasteiger partial charge in [0.15, 0.2) is 0 Å². The van der Waals surface area contributed by atoms with E-state index in [0.29, 0.717) is 28.3 Å². The summed E-state index contributed by atoms with van der Waals surface area (Å²) in [4.78, 5) is 26.1. The highest BCUT2D eigenvalue weighted by molar-refractivity contribution is 9.10. The third-order valence-corrected chi connectivity index (χ3v) is 3.79. The Kier molecular flexibility index (Phi) is 3.17. The number of imide groups is 1. The van der Waals surface area contributed by atoms with Crippen molar-refractivity contribution >= 4 is 39.1 Å². The van der Waals surface area contributed by atoms with E-state index in [9.17, 15) is 9.59 Å². The van der Waals surface area contributed by atoms with E-state index in [1.807, 2.05) is 0 Å². The maximum atomic E-state index is 12.5. The summed E-state index contributed by atoms with van der Waals surface area (Å²) in [5.41, 5.74) is 7.32. The number of methoxy groups -OCH3 is 1. The van der Waals surface area contributed by atoms with Crippen LogP contribution < -0.4 is 15.4 Å². The van der Waals surface area contributed by atoms with Crippen LogP contribution in [0.25, 0.3) is 0 Å². The molecule has 3 rings (SSSR count). The van der Waals surface area contributed by atoms with E-state index in [0.717, 1.165) is 9.37 Å². The molecule has 21 heavy (non-hydrogen) atoms. The number of carbonyl (C=O) groups is 2. The molecule has 1 aliphatic rings. The number of ether oxygens (including phenoxy) is 1. The van der Waals surface area contributed by atoms with Gasteiger partial charge in [-0.2, -0.15) is 0 Å². The van der Waals surface area contributed by atoms with Gasteiger partial charge in [-0.25, -0.2) is 4.90 Å². The van der Waals surface area contributed by atoms with Crippen molar-refractivity contribution in [3.05, 3.63) is 52.0 Å². The first-order valence-electron chi connectivity index (χ1n) is 6.15. The second-order valence-electron chi connectivity index (χ2n) is 4.57. The molecule has 0 bridgehead atoms. The van der Waals surface area contributed by atoms with Crippen molar-refractivity contribution in [1.29, 1.82) is 0 Å². The van der Waals surface area contributed by atoms with Crippen LogP contribution in [0, 0.1) is 0 Å². The number of fused-ring (bicyclic) bond motifs is 1. The smallest absolute Gasteiger partial charge is 0.266 e. The highest BCUT2D eigenvalue weighted by atomic mass is 79.9. The lowest BCUT2D eigenvalue weighted by Gasteiger charge is -2.17. The van der Waals surface area contributed by atoms with E-state index in [1.54, 1.807) is 36.4 Å². The lowest BCUT2D eigenvalue weighted by molar-refractivity contribution is 0.0925. The van der Waals surface area contributed by atoms with Crippen LogP contribution in [0.2, 0.25) is 0 Å². The number of nitrogens with two attached hydrogens (primary N) is 1. The molecule has 0 aromatic heterocycles. The minimum atomic E-state index is -0.376. The maximum absolute atomic E-state index is 12.5. The minimum Gasteiger partial charge on any atom is -0.494 e. The Morgan fingerprint density at radius 3 is 2.48 bits per heavy atom. The van der Waals surface area contributed by atoms with Gasteiger partial charge in [-0.1, -0.05) is 15.9 Å². The van der Waals surface area contributed by atoms with E-state index in [1.165, 1.54) is 7.11 Å². The predicted molar refractivity (Wildman–Crippen MR) is 82.7 cm³/mol. The van der Waals surface area contributed by atoms with Gasteiger partial charge < -0.3 is 10.5 Å². The van der Waals surface area contributed by atoms with Crippen molar-refractivity contribution in [1.82, 2.24) is 0 Å². The summed E-state index contributed by atoms with van der Waals surface area (Å²) in [5.74, 6) is -0.367. The SMILES string of the molecule is COc1cc(N)ccc1N1C(=O)c2ccc(Br)cc2C1=O. The first-order chi connectivity index (χ1) is 10.0. The second kappa shape index (κ2) is 4.89. The van der Waals surface area contributed by atoms with Crippen molar-refractivity contribution in [2.45, 2.75) is 0 Å². The van der Waals surface area contributed by atoms with Gasteiger partial charge in [-0.3, -0.25) is 9.59 Å². The quantitative estimate of drug-likeness (QED) is 0.670. The minimum absolute atomic E-state index is 0.369. The number of rotatable bonds is 2. The molecule has 0 radical (unpaired) electrons. The van der Waals surface area contributed by atoms with Gasteiger partial charge in [0.05, 0.1) is 23.9 Å². The molecule has 1 heterocycles. The summed E-state index contributed by atoms with van der Waals surface area (Å²) in [7, 11) is 1.47. The highest BCUT2D eigenvalue weighted by Crippen LogP contribution is 2.36. The van der Waals surface area contributed by atoms with Crippen LogP contribution in [0.1, 0.15) is 20.7 Å². The molecule has 1 aliphatic heterocycles. The van der Waals surface area contributed by atoms with Gasteiger partial charge >= 0.3 is 0 Å². The van der Waals surface area contributed by atoms with Gasteiger partial charge in [0.25, 0.3) is 11.8 Å². The van der Waals surface area contributed by atoms with E-state index in [4.69, 9.17) is 10.5 Å². The van der Waals surface area contributed by atoms with Crippen molar-refractivity contribution in [3.63, 3.8) is 0 Å². The summed E-state index contributed by atoms with van der Waals surface area (Å²) in [6.07, 6.45) is 0. The van der Waals surface area contributed by atoms with Crippen LogP contribution in [-0.4, -0.2) is 18.9 Å². The normalized spacial score (nSPS) is 13.5. The fraction of sp³-hybridized carbons (Fsp3) is 0.0667. The molecule has 0 atom stereocenters. The Balaban J connectivity index is 2.14. The van der Waals surface area contributed by atoms with E-state index in [2.05, 4.69) is 15.9 Å². The van der Waals surface area contributed by atoms with Crippen molar-refractivity contribution < 1.29 is 14.3 Å². The summed E-state index contributed by atoms with van der Waals surface area (Å²) >= 11 is 3.30. The molecule has 6 heteroatoms. The van der Waals surface area contributed by atoms with Crippen molar-refractivity contribution in [2.24, 2.45) is 0 Å². The Morgan fingerprint density at radius 2 is 1.76 bits per heavy atom. The van der Waals surface area contributed by atoms with Crippen LogP contribution in [0.4, 0.5) is 11.4 Å². The fourth-order valence-corrected chi connectivity index (χ4v) is 2.67. The van der Waals surface area contributed by atoms with Gasteiger partial charge in [0, 0.05) is 16.2 Å². The molecule has 0 fully saturated rings. The molecule has 2 aromatic carbocycles. The molecule has 106 valence electrons. The number of amides is 2. The van der Waals surface area contributed by atoms with Crippen LogP contribution >= 0.6 is 15.9 Å². The summed E-state index contributed by atoms with van der Waals surface area (Å²) in [6, 6.07) is 9.80. The van der Waals surface area contributed by atoms with Crippen molar-refractivity contribution in [2.75, 3.05) is 17.7 Å². The lowest BCUT2D eigenvalue weighted by atomic mass is 10.1. The van der Waals surface area contributed by atoms with E-state index >= 15 is 0 Å². The second-order valence-corrected chi connectivity index (χ2v) is 5.48. The average Bonchev–Trinajstić information content (AvgIpc) is 2.71. The molecular formula is C15H11BrN2O3. The van der Waals surface area contributed by atoms with Crippen LogP contribution in [0.3, 0.4) is 0 Å². The molecule has 2 N–H and O–H groups in total. The maximum Gasteiger partial charge on any atom is 0.266 e. The number of hydrogen-bond acceptors (Lipinski definition) is 4. The summed E-state index contributed by atoms with van der Waals surface area (Å²) in [5, 5.41) is 0.